The summed E-state index contributed by atoms with van der Waals surface area (Å²) in [4.78, 5) is 28.5. The molecule has 126 valence electrons. The summed E-state index contributed by atoms with van der Waals surface area (Å²) in [6, 6.07) is 0. The Morgan fingerprint density at radius 2 is 1.77 bits per heavy atom. The maximum Gasteiger partial charge on any atom is 0.410 e. The quantitative estimate of drug-likeness (QED) is 0.796. The van der Waals surface area contributed by atoms with Crippen LogP contribution in [0.1, 0.15) is 40.0 Å². The highest BCUT2D eigenvalue weighted by atomic mass is 16.6. The second kappa shape index (κ2) is 7.31. The molecule has 0 saturated carbocycles. The van der Waals surface area contributed by atoms with Crippen molar-refractivity contribution in [1.29, 1.82) is 0 Å². The largest absolute Gasteiger partial charge is 0.444 e. The minimum Gasteiger partial charge on any atom is -0.444 e. The zero-order chi connectivity index (χ0) is 16.2. The molecule has 0 spiro atoms. The van der Waals surface area contributed by atoms with Crippen LogP contribution in [0.4, 0.5) is 4.79 Å². The van der Waals surface area contributed by atoms with Gasteiger partial charge in [0.15, 0.2) is 0 Å². The average molecular weight is 311 g/mol. The molecule has 0 bridgehead atoms. The lowest BCUT2D eigenvalue weighted by Crippen LogP contribution is -2.48. The third-order valence-electron chi connectivity index (χ3n) is 4.07. The number of piperidine rings is 1. The Hall–Kier alpha value is -1.30. The molecule has 2 aliphatic heterocycles. The van der Waals surface area contributed by atoms with Gasteiger partial charge >= 0.3 is 6.09 Å². The van der Waals surface area contributed by atoms with Crippen LogP contribution in [0.25, 0.3) is 0 Å². The number of nitrogens with zero attached hydrogens (tertiary/aromatic N) is 2. The molecule has 0 aromatic carbocycles. The van der Waals surface area contributed by atoms with Gasteiger partial charge in [0, 0.05) is 32.7 Å². The van der Waals surface area contributed by atoms with Crippen molar-refractivity contribution in [2.75, 3.05) is 39.3 Å². The van der Waals surface area contributed by atoms with Crippen LogP contribution in [0.2, 0.25) is 0 Å². The first-order valence-electron chi connectivity index (χ1n) is 8.34. The van der Waals surface area contributed by atoms with Crippen molar-refractivity contribution in [3.63, 3.8) is 0 Å². The number of hydrogen-bond donors (Lipinski definition) is 1. The van der Waals surface area contributed by atoms with Gasteiger partial charge in [0.2, 0.25) is 5.91 Å². The SMILES string of the molecule is CC(C)(C)OC(=O)N1CCCC(C(=O)N2CCCNCC2)C1. The molecule has 6 nitrogen and oxygen atoms in total. The first-order chi connectivity index (χ1) is 10.4. The number of amides is 2. The molecule has 2 amide bonds. The van der Waals surface area contributed by atoms with Crippen molar-refractivity contribution in [2.24, 2.45) is 5.92 Å². The van der Waals surface area contributed by atoms with E-state index in [1.165, 1.54) is 0 Å². The lowest BCUT2D eigenvalue weighted by molar-refractivity contribution is -0.136. The summed E-state index contributed by atoms with van der Waals surface area (Å²) in [7, 11) is 0. The fourth-order valence-corrected chi connectivity index (χ4v) is 3.00. The van der Waals surface area contributed by atoms with Crippen molar-refractivity contribution in [1.82, 2.24) is 15.1 Å². The molecule has 2 saturated heterocycles. The van der Waals surface area contributed by atoms with Gasteiger partial charge in [0.25, 0.3) is 0 Å². The predicted octanol–water partition coefficient (Wildman–Crippen LogP) is 1.46. The van der Waals surface area contributed by atoms with Crippen LogP contribution < -0.4 is 5.32 Å². The van der Waals surface area contributed by atoms with E-state index >= 15 is 0 Å². The molecule has 0 aromatic rings. The van der Waals surface area contributed by atoms with Gasteiger partial charge in [-0.2, -0.15) is 0 Å². The number of ether oxygens (including phenoxy) is 1. The molecule has 0 radical (unpaired) electrons. The van der Waals surface area contributed by atoms with E-state index in [1.807, 2.05) is 25.7 Å². The number of carbonyl (C=O) groups excluding carboxylic acids is 2. The van der Waals surface area contributed by atoms with Gasteiger partial charge < -0.3 is 19.9 Å². The molecule has 1 atom stereocenters. The highest BCUT2D eigenvalue weighted by molar-refractivity contribution is 5.80. The average Bonchev–Trinajstić information content (AvgIpc) is 2.74. The Morgan fingerprint density at radius 1 is 1.05 bits per heavy atom. The molecule has 2 aliphatic rings. The van der Waals surface area contributed by atoms with Crippen molar-refractivity contribution in [2.45, 2.75) is 45.6 Å². The molecular weight excluding hydrogens is 282 g/mol. The number of hydrogen-bond acceptors (Lipinski definition) is 4. The van der Waals surface area contributed by atoms with E-state index in [0.29, 0.717) is 13.1 Å². The minimum absolute atomic E-state index is 0.0839. The maximum atomic E-state index is 12.7. The zero-order valence-electron chi connectivity index (χ0n) is 14.1. The lowest BCUT2D eigenvalue weighted by Gasteiger charge is -2.35. The number of rotatable bonds is 1. The fraction of sp³-hybridized carbons (Fsp3) is 0.875. The van der Waals surface area contributed by atoms with E-state index in [1.54, 1.807) is 4.90 Å². The van der Waals surface area contributed by atoms with Crippen molar-refractivity contribution >= 4 is 12.0 Å². The highest BCUT2D eigenvalue weighted by Gasteiger charge is 2.33. The van der Waals surface area contributed by atoms with Crippen LogP contribution in [0.3, 0.4) is 0 Å². The van der Waals surface area contributed by atoms with Crippen LogP contribution in [0.5, 0.6) is 0 Å². The Bertz CT molecular complexity index is 398. The van der Waals surface area contributed by atoms with E-state index in [4.69, 9.17) is 4.74 Å². The maximum absolute atomic E-state index is 12.7. The topological polar surface area (TPSA) is 61.9 Å². The molecule has 2 heterocycles. The predicted molar refractivity (Wildman–Crippen MR) is 84.6 cm³/mol. The van der Waals surface area contributed by atoms with Gasteiger partial charge in [-0.05, 0) is 46.6 Å². The standard InChI is InChI=1S/C16H29N3O3/c1-16(2,3)22-15(21)19-9-4-6-13(12-19)14(20)18-10-5-7-17-8-11-18/h13,17H,4-12H2,1-3H3. The first kappa shape index (κ1) is 17.1. The third kappa shape index (κ3) is 4.87. The van der Waals surface area contributed by atoms with Crippen molar-refractivity contribution in [3.8, 4) is 0 Å². The molecule has 6 heteroatoms. The summed E-state index contributed by atoms with van der Waals surface area (Å²) in [5.41, 5.74) is -0.496. The molecule has 2 fully saturated rings. The van der Waals surface area contributed by atoms with Gasteiger partial charge in [-0.3, -0.25) is 4.79 Å². The Labute approximate surface area is 133 Å². The molecule has 0 aromatic heterocycles. The third-order valence-corrected chi connectivity index (χ3v) is 4.07. The molecule has 0 aliphatic carbocycles. The number of carbonyl (C=O) groups is 2. The Morgan fingerprint density at radius 3 is 2.50 bits per heavy atom. The summed E-state index contributed by atoms with van der Waals surface area (Å²) in [6.45, 7) is 10.2. The highest BCUT2D eigenvalue weighted by Crippen LogP contribution is 2.21. The van der Waals surface area contributed by atoms with Crippen molar-refractivity contribution < 1.29 is 14.3 Å². The van der Waals surface area contributed by atoms with Crippen LogP contribution in [-0.4, -0.2) is 66.7 Å². The van der Waals surface area contributed by atoms with Gasteiger partial charge in [0.05, 0.1) is 5.92 Å². The Balaban J connectivity index is 1.91. The van der Waals surface area contributed by atoms with Gasteiger partial charge in [-0.15, -0.1) is 0 Å². The summed E-state index contributed by atoms with van der Waals surface area (Å²) >= 11 is 0. The van der Waals surface area contributed by atoms with Gasteiger partial charge in [0.1, 0.15) is 5.60 Å². The molecule has 1 N–H and O–H groups in total. The summed E-state index contributed by atoms with van der Waals surface area (Å²) < 4.78 is 5.42. The zero-order valence-corrected chi connectivity index (χ0v) is 14.1. The fourth-order valence-electron chi connectivity index (χ4n) is 3.00. The van der Waals surface area contributed by atoms with Crippen LogP contribution >= 0.6 is 0 Å². The van der Waals surface area contributed by atoms with E-state index in [2.05, 4.69) is 5.32 Å². The summed E-state index contributed by atoms with van der Waals surface area (Å²) in [5, 5.41) is 3.31. The van der Waals surface area contributed by atoms with Gasteiger partial charge in [-0.25, -0.2) is 4.79 Å². The van der Waals surface area contributed by atoms with E-state index in [0.717, 1.165) is 45.4 Å². The summed E-state index contributed by atoms with van der Waals surface area (Å²) in [6.07, 6.45) is 2.42. The Kier molecular flexibility index (Phi) is 5.67. The van der Waals surface area contributed by atoms with E-state index < -0.39 is 5.60 Å². The summed E-state index contributed by atoms with van der Waals surface area (Å²) in [5.74, 6) is 0.108. The molecule has 22 heavy (non-hydrogen) atoms. The molecule has 1 unspecified atom stereocenters. The van der Waals surface area contributed by atoms with E-state index in [-0.39, 0.29) is 17.9 Å². The van der Waals surface area contributed by atoms with Crippen molar-refractivity contribution in [3.05, 3.63) is 0 Å². The van der Waals surface area contributed by atoms with Crippen LogP contribution in [0, 0.1) is 5.92 Å². The van der Waals surface area contributed by atoms with E-state index in [9.17, 15) is 9.59 Å². The number of likely N-dealkylation sites (tertiary alicyclic amines) is 1. The molecule has 2 rings (SSSR count). The number of nitrogens with one attached hydrogen (secondary N) is 1. The second-order valence-electron chi connectivity index (χ2n) is 7.19. The monoisotopic (exact) mass is 311 g/mol. The van der Waals surface area contributed by atoms with Crippen LogP contribution in [0.15, 0.2) is 0 Å². The lowest BCUT2D eigenvalue weighted by atomic mass is 9.96. The van der Waals surface area contributed by atoms with Crippen LogP contribution in [-0.2, 0) is 9.53 Å². The second-order valence-corrected chi connectivity index (χ2v) is 7.19. The molecular formula is C16H29N3O3. The first-order valence-corrected chi connectivity index (χ1v) is 8.34. The van der Waals surface area contributed by atoms with Gasteiger partial charge in [-0.1, -0.05) is 0 Å². The minimum atomic E-state index is -0.496. The smallest absolute Gasteiger partial charge is 0.410 e. The normalized spacial score (nSPS) is 23.9.